The Kier molecular flexibility index (Phi) is 7.30. The molecule has 0 saturated carbocycles. The molecule has 7 heteroatoms. The Morgan fingerprint density at radius 1 is 1.21 bits per heavy atom. The Balaban J connectivity index is 1.53. The minimum atomic E-state index is -0.285. The number of carbonyl (C=O) groups excluding carboxylic acids is 2. The van der Waals surface area contributed by atoms with E-state index in [1.807, 2.05) is 4.90 Å². The summed E-state index contributed by atoms with van der Waals surface area (Å²) >= 11 is 6.17. The van der Waals surface area contributed by atoms with Crippen LogP contribution in [-0.2, 0) is 20.7 Å². The number of amides is 1. The van der Waals surface area contributed by atoms with E-state index < -0.39 is 0 Å². The molecular weight excluding hydrogens is 383 g/mol. The van der Waals surface area contributed by atoms with Gasteiger partial charge in [-0.2, -0.15) is 0 Å². The van der Waals surface area contributed by atoms with Crippen LogP contribution in [0.4, 0.5) is 4.39 Å². The molecule has 0 spiro atoms. The van der Waals surface area contributed by atoms with Crippen molar-refractivity contribution in [2.45, 2.75) is 45.1 Å². The third kappa shape index (κ3) is 5.03. The van der Waals surface area contributed by atoms with Gasteiger partial charge in [0.15, 0.2) is 0 Å². The molecule has 5 nitrogen and oxygen atoms in total. The van der Waals surface area contributed by atoms with Gasteiger partial charge in [-0.05, 0) is 57.7 Å². The molecule has 0 unspecified atom stereocenters. The molecule has 154 valence electrons. The molecule has 2 aliphatic heterocycles. The number of halogens is 2. The SMILES string of the molecule is CCOC(=O)C1CCN(C(=O)CN2CCC[C@@H]2Cc2c(F)cccc2Cl)CC1. The maximum absolute atomic E-state index is 14.1. The average molecular weight is 411 g/mol. The molecular formula is C21H28ClFN2O3. The van der Waals surface area contributed by atoms with Gasteiger partial charge in [-0.15, -0.1) is 0 Å². The lowest BCUT2D eigenvalue weighted by atomic mass is 9.97. The Morgan fingerprint density at radius 3 is 2.64 bits per heavy atom. The van der Waals surface area contributed by atoms with Crippen molar-refractivity contribution < 1.29 is 18.7 Å². The van der Waals surface area contributed by atoms with Crippen molar-refractivity contribution in [1.29, 1.82) is 0 Å². The van der Waals surface area contributed by atoms with E-state index in [1.54, 1.807) is 19.1 Å². The number of nitrogens with zero attached hydrogens (tertiary/aromatic N) is 2. The number of piperidine rings is 1. The number of likely N-dealkylation sites (tertiary alicyclic amines) is 2. The van der Waals surface area contributed by atoms with Crippen LogP contribution in [0, 0.1) is 11.7 Å². The lowest BCUT2D eigenvalue weighted by Crippen LogP contribution is -2.46. The van der Waals surface area contributed by atoms with Crippen LogP contribution in [0.5, 0.6) is 0 Å². The maximum atomic E-state index is 14.1. The van der Waals surface area contributed by atoms with E-state index in [4.69, 9.17) is 16.3 Å². The molecule has 28 heavy (non-hydrogen) atoms. The summed E-state index contributed by atoms with van der Waals surface area (Å²) in [6, 6.07) is 4.87. The van der Waals surface area contributed by atoms with Crippen LogP contribution < -0.4 is 0 Å². The average Bonchev–Trinajstić information content (AvgIpc) is 3.12. The van der Waals surface area contributed by atoms with Crippen molar-refractivity contribution in [3.63, 3.8) is 0 Å². The topological polar surface area (TPSA) is 49.9 Å². The first-order valence-electron chi connectivity index (χ1n) is 10.1. The number of hydrogen-bond donors (Lipinski definition) is 0. The van der Waals surface area contributed by atoms with E-state index >= 15 is 0 Å². The highest BCUT2D eigenvalue weighted by Crippen LogP contribution is 2.27. The van der Waals surface area contributed by atoms with Crippen LogP contribution in [-0.4, -0.2) is 60.5 Å². The normalized spacial score (nSPS) is 21.1. The summed E-state index contributed by atoms with van der Waals surface area (Å²) in [6.45, 7) is 4.53. The minimum absolute atomic E-state index is 0.0776. The highest BCUT2D eigenvalue weighted by atomic mass is 35.5. The zero-order chi connectivity index (χ0) is 20.1. The van der Waals surface area contributed by atoms with Crippen molar-refractivity contribution in [2.75, 3.05) is 32.8 Å². The largest absolute Gasteiger partial charge is 0.466 e. The van der Waals surface area contributed by atoms with E-state index in [-0.39, 0.29) is 29.7 Å². The smallest absolute Gasteiger partial charge is 0.309 e. The molecule has 0 bridgehead atoms. The Bertz CT molecular complexity index is 687. The van der Waals surface area contributed by atoms with Crippen molar-refractivity contribution in [1.82, 2.24) is 9.80 Å². The number of rotatable bonds is 6. The van der Waals surface area contributed by atoms with Crippen LogP contribution in [0.3, 0.4) is 0 Å². The summed E-state index contributed by atoms with van der Waals surface area (Å²) in [5.74, 6) is -0.469. The molecule has 0 radical (unpaired) electrons. The predicted molar refractivity (Wildman–Crippen MR) is 106 cm³/mol. The molecule has 0 aromatic heterocycles. The minimum Gasteiger partial charge on any atom is -0.466 e. The monoisotopic (exact) mass is 410 g/mol. The highest BCUT2D eigenvalue weighted by Gasteiger charge is 2.32. The summed E-state index contributed by atoms with van der Waals surface area (Å²) in [7, 11) is 0. The molecule has 2 aliphatic rings. The van der Waals surface area contributed by atoms with E-state index in [2.05, 4.69) is 4.90 Å². The standard InChI is InChI=1S/C21H28ClFN2O3/c1-2-28-21(27)15-8-11-24(12-9-15)20(26)14-25-10-4-5-16(25)13-17-18(22)6-3-7-19(17)23/h3,6-7,15-16H,2,4-5,8-14H2,1H3/t16-/m1/s1. The zero-order valence-corrected chi connectivity index (χ0v) is 17.1. The molecule has 1 aromatic rings. The van der Waals surface area contributed by atoms with E-state index in [9.17, 15) is 14.0 Å². The van der Waals surface area contributed by atoms with Crippen molar-refractivity contribution in [3.05, 3.63) is 34.6 Å². The fourth-order valence-electron chi connectivity index (χ4n) is 4.20. The van der Waals surface area contributed by atoms with Gasteiger partial charge in [-0.3, -0.25) is 14.5 Å². The van der Waals surface area contributed by atoms with Crippen molar-refractivity contribution in [3.8, 4) is 0 Å². The Hall–Kier alpha value is -1.66. The third-order valence-electron chi connectivity index (χ3n) is 5.81. The summed E-state index contributed by atoms with van der Waals surface area (Å²) in [6.07, 6.45) is 3.75. The number of benzene rings is 1. The first kappa shape index (κ1) is 21.1. The maximum Gasteiger partial charge on any atom is 0.309 e. The number of carbonyl (C=O) groups is 2. The van der Waals surface area contributed by atoms with Gasteiger partial charge in [-0.1, -0.05) is 17.7 Å². The fraction of sp³-hybridized carbons (Fsp3) is 0.619. The Labute approximate surface area is 170 Å². The van der Waals surface area contributed by atoms with Gasteiger partial charge in [0.25, 0.3) is 0 Å². The zero-order valence-electron chi connectivity index (χ0n) is 16.3. The first-order chi connectivity index (χ1) is 13.5. The summed E-state index contributed by atoms with van der Waals surface area (Å²) < 4.78 is 19.2. The quantitative estimate of drug-likeness (QED) is 0.675. The lowest BCUT2D eigenvalue weighted by molar-refractivity contribution is -0.151. The fourth-order valence-corrected chi connectivity index (χ4v) is 4.44. The van der Waals surface area contributed by atoms with Crippen LogP contribution >= 0.6 is 11.6 Å². The molecule has 2 heterocycles. The molecule has 1 aromatic carbocycles. The van der Waals surface area contributed by atoms with Crippen LogP contribution in [0.2, 0.25) is 5.02 Å². The third-order valence-corrected chi connectivity index (χ3v) is 6.16. The van der Waals surface area contributed by atoms with E-state index in [1.165, 1.54) is 6.07 Å². The Morgan fingerprint density at radius 2 is 1.96 bits per heavy atom. The van der Waals surface area contributed by atoms with Gasteiger partial charge in [0.2, 0.25) is 5.91 Å². The van der Waals surface area contributed by atoms with Gasteiger partial charge >= 0.3 is 5.97 Å². The second-order valence-corrected chi connectivity index (χ2v) is 7.99. The molecule has 3 rings (SSSR count). The van der Waals surface area contributed by atoms with Gasteiger partial charge in [-0.25, -0.2) is 4.39 Å². The van der Waals surface area contributed by atoms with E-state index in [0.717, 1.165) is 19.4 Å². The van der Waals surface area contributed by atoms with Crippen LogP contribution in [0.15, 0.2) is 18.2 Å². The number of hydrogen-bond acceptors (Lipinski definition) is 4. The van der Waals surface area contributed by atoms with Gasteiger partial charge < -0.3 is 9.64 Å². The second kappa shape index (κ2) is 9.70. The molecule has 2 saturated heterocycles. The number of esters is 1. The molecule has 2 fully saturated rings. The van der Waals surface area contributed by atoms with Gasteiger partial charge in [0, 0.05) is 29.7 Å². The summed E-state index contributed by atoms with van der Waals surface area (Å²) in [4.78, 5) is 28.6. The van der Waals surface area contributed by atoms with Crippen LogP contribution in [0.1, 0.15) is 38.2 Å². The molecule has 0 N–H and O–H groups in total. The number of ether oxygens (including phenoxy) is 1. The van der Waals surface area contributed by atoms with Crippen molar-refractivity contribution in [2.24, 2.45) is 5.92 Å². The summed E-state index contributed by atoms with van der Waals surface area (Å²) in [5, 5.41) is 0.444. The predicted octanol–water partition coefficient (Wildman–Crippen LogP) is 3.29. The molecule has 1 atom stereocenters. The summed E-state index contributed by atoms with van der Waals surface area (Å²) in [5.41, 5.74) is 0.531. The lowest BCUT2D eigenvalue weighted by Gasteiger charge is -2.33. The second-order valence-electron chi connectivity index (χ2n) is 7.58. The molecule has 1 amide bonds. The van der Waals surface area contributed by atoms with Crippen LogP contribution in [0.25, 0.3) is 0 Å². The van der Waals surface area contributed by atoms with Crippen molar-refractivity contribution >= 4 is 23.5 Å². The first-order valence-corrected chi connectivity index (χ1v) is 10.5. The van der Waals surface area contributed by atoms with Gasteiger partial charge in [0.1, 0.15) is 5.82 Å². The molecule has 0 aliphatic carbocycles. The van der Waals surface area contributed by atoms with E-state index in [0.29, 0.717) is 56.1 Å². The van der Waals surface area contributed by atoms with Gasteiger partial charge in [0.05, 0.1) is 19.1 Å². The highest BCUT2D eigenvalue weighted by molar-refractivity contribution is 6.31.